The second kappa shape index (κ2) is 6.80. The second-order valence-corrected chi connectivity index (χ2v) is 5.51. The van der Waals surface area contributed by atoms with Crippen LogP contribution in [0.25, 0.3) is 0 Å². The van der Waals surface area contributed by atoms with Crippen molar-refractivity contribution < 1.29 is 22.4 Å². The number of nitrogens with zero attached hydrogens (tertiary/aromatic N) is 1. The third kappa shape index (κ3) is 4.21. The Labute approximate surface area is 128 Å². The molecule has 1 aliphatic rings. The van der Waals surface area contributed by atoms with Gasteiger partial charge >= 0.3 is 6.18 Å². The summed E-state index contributed by atoms with van der Waals surface area (Å²) in [6, 6.07) is -0.191. The smallest absolute Gasteiger partial charge is 0.405 e. The van der Waals surface area contributed by atoms with Crippen LogP contribution in [0.15, 0.2) is 21.2 Å². The fraction of sp³-hybridized carbons (Fsp3) is 0.583. The first-order chi connectivity index (χ1) is 9.89. The molecule has 21 heavy (non-hydrogen) atoms. The predicted octanol–water partition coefficient (Wildman–Crippen LogP) is 1.61. The summed E-state index contributed by atoms with van der Waals surface area (Å²) in [6.07, 6.45) is -3.11. The van der Waals surface area contributed by atoms with Gasteiger partial charge in [0.2, 0.25) is 5.76 Å². The maximum atomic E-state index is 13.1. The summed E-state index contributed by atoms with van der Waals surface area (Å²) in [5.74, 6) is -0.701. The highest BCUT2D eigenvalue weighted by atomic mass is 79.9. The summed E-state index contributed by atoms with van der Waals surface area (Å²) in [6.45, 7) is 1.10. The van der Waals surface area contributed by atoms with E-state index in [1.54, 1.807) is 0 Å². The Bertz CT molecular complexity index is 486. The molecule has 0 spiro atoms. The van der Waals surface area contributed by atoms with Crippen LogP contribution in [0.4, 0.5) is 13.2 Å². The van der Waals surface area contributed by atoms with Crippen LogP contribution >= 0.6 is 15.9 Å². The normalized spacial score (nSPS) is 18.5. The molecule has 0 saturated carbocycles. The standard InChI is InChI=1S/C12H15BrF3N3O2/c13-8-1-6-21-10(8)11(20)18-7-9(12(14,15)16)19-4-2-17-3-5-19/h1,6,9,17H,2-5,7H2,(H,18,20). The van der Waals surface area contributed by atoms with Crippen LogP contribution in [0, 0.1) is 0 Å². The average molecular weight is 370 g/mol. The van der Waals surface area contributed by atoms with E-state index >= 15 is 0 Å². The molecular weight excluding hydrogens is 355 g/mol. The summed E-state index contributed by atoms with van der Waals surface area (Å²) < 4.78 is 44.7. The summed E-state index contributed by atoms with van der Waals surface area (Å²) in [5.41, 5.74) is 0. The fourth-order valence-corrected chi connectivity index (χ4v) is 2.55. The molecule has 9 heteroatoms. The number of carbonyl (C=O) groups excluding carboxylic acids is 1. The number of alkyl halides is 3. The van der Waals surface area contributed by atoms with Gasteiger partial charge in [-0.3, -0.25) is 9.69 Å². The van der Waals surface area contributed by atoms with E-state index in [-0.39, 0.29) is 5.76 Å². The fourth-order valence-electron chi connectivity index (χ4n) is 2.17. The topological polar surface area (TPSA) is 57.5 Å². The predicted molar refractivity (Wildman–Crippen MR) is 73.0 cm³/mol. The Hall–Kier alpha value is -1.06. The van der Waals surface area contributed by atoms with Gasteiger partial charge in [0.25, 0.3) is 5.91 Å². The van der Waals surface area contributed by atoms with Gasteiger partial charge in [0.1, 0.15) is 6.04 Å². The van der Waals surface area contributed by atoms with Gasteiger partial charge in [-0.15, -0.1) is 0 Å². The van der Waals surface area contributed by atoms with Crippen molar-refractivity contribution in [2.24, 2.45) is 0 Å². The van der Waals surface area contributed by atoms with Gasteiger partial charge in [-0.1, -0.05) is 0 Å². The SMILES string of the molecule is O=C(NCC(N1CCNCC1)C(F)(F)F)c1occc1Br. The lowest BCUT2D eigenvalue weighted by Gasteiger charge is -2.35. The number of carbonyl (C=O) groups is 1. The van der Waals surface area contributed by atoms with E-state index in [0.29, 0.717) is 30.7 Å². The van der Waals surface area contributed by atoms with Crippen molar-refractivity contribution in [2.75, 3.05) is 32.7 Å². The number of piperazine rings is 1. The molecule has 2 N–H and O–H groups in total. The zero-order valence-electron chi connectivity index (χ0n) is 11.0. The molecule has 0 aromatic carbocycles. The Morgan fingerprint density at radius 2 is 2.14 bits per heavy atom. The molecule has 0 bridgehead atoms. The van der Waals surface area contributed by atoms with Crippen LogP contribution in [0.3, 0.4) is 0 Å². The molecular formula is C12H15BrF3N3O2. The second-order valence-electron chi connectivity index (χ2n) is 4.65. The van der Waals surface area contributed by atoms with E-state index in [1.807, 2.05) is 0 Å². The molecule has 2 heterocycles. The number of nitrogens with one attached hydrogen (secondary N) is 2. The monoisotopic (exact) mass is 369 g/mol. The van der Waals surface area contributed by atoms with Crippen molar-refractivity contribution in [1.29, 1.82) is 0 Å². The van der Waals surface area contributed by atoms with Crippen LogP contribution < -0.4 is 10.6 Å². The van der Waals surface area contributed by atoms with E-state index in [9.17, 15) is 18.0 Å². The van der Waals surface area contributed by atoms with Gasteiger partial charge in [0, 0.05) is 32.7 Å². The molecule has 2 rings (SSSR count). The molecule has 1 aromatic heterocycles. The maximum absolute atomic E-state index is 13.1. The largest absolute Gasteiger partial charge is 0.458 e. The highest BCUT2D eigenvalue weighted by Gasteiger charge is 2.43. The van der Waals surface area contributed by atoms with Crippen LogP contribution in [0.2, 0.25) is 0 Å². The zero-order chi connectivity index (χ0) is 15.5. The Balaban J connectivity index is 1.99. The summed E-state index contributed by atoms with van der Waals surface area (Å²) in [4.78, 5) is 13.1. The zero-order valence-corrected chi connectivity index (χ0v) is 12.6. The van der Waals surface area contributed by atoms with Crippen molar-refractivity contribution in [3.05, 3.63) is 22.6 Å². The van der Waals surface area contributed by atoms with Gasteiger partial charge in [0.15, 0.2) is 0 Å². The molecule has 0 aliphatic carbocycles. The minimum absolute atomic E-state index is 0.0313. The van der Waals surface area contributed by atoms with E-state index in [4.69, 9.17) is 4.42 Å². The Kier molecular flexibility index (Phi) is 5.28. The lowest BCUT2D eigenvalue weighted by molar-refractivity contribution is -0.183. The molecule has 0 radical (unpaired) electrons. The van der Waals surface area contributed by atoms with Gasteiger partial charge in [-0.25, -0.2) is 0 Å². The Morgan fingerprint density at radius 1 is 1.48 bits per heavy atom. The molecule has 1 amide bonds. The van der Waals surface area contributed by atoms with Crippen LogP contribution in [-0.2, 0) is 0 Å². The van der Waals surface area contributed by atoms with E-state index < -0.39 is 24.7 Å². The number of hydrogen-bond acceptors (Lipinski definition) is 4. The van der Waals surface area contributed by atoms with Crippen LogP contribution in [-0.4, -0.2) is 55.7 Å². The molecule has 1 saturated heterocycles. The summed E-state index contributed by atoms with van der Waals surface area (Å²) in [5, 5.41) is 5.28. The van der Waals surface area contributed by atoms with Crippen molar-refractivity contribution in [3.8, 4) is 0 Å². The number of furan rings is 1. The number of hydrogen-bond donors (Lipinski definition) is 2. The highest BCUT2D eigenvalue weighted by molar-refractivity contribution is 9.10. The van der Waals surface area contributed by atoms with E-state index in [1.165, 1.54) is 17.2 Å². The van der Waals surface area contributed by atoms with Crippen molar-refractivity contribution in [2.45, 2.75) is 12.2 Å². The summed E-state index contributed by atoms with van der Waals surface area (Å²) in [7, 11) is 0. The maximum Gasteiger partial charge on any atom is 0.405 e. The van der Waals surface area contributed by atoms with Crippen LogP contribution in [0.5, 0.6) is 0 Å². The molecule has 118 valence electrons. The first kappa shape index (κ1) is 16.3. The minimum Gasteiger partial charge on any atom is -0.458 e. The van der Waals surface area contributed by atoms with Gasteiger partial charge in [-0.2, -0.15) is 13.2 Å². The molecule has 1 aliphatic heterocycles. The molecule has 1 aromatic rings. The molecule has 5 nitrogen and oxygen atoms in total. The first-order valence-electron chi connectivity index (χ1n) is 6.42. The number of halogens is 4. The van der Waals surface area contributed by atoms with Crippen LogP contribution in [0.1, 0.15) is 10.6 Å². The number of amides is 1. The first-order valence-corrected chi connectivity index (χ1v) is 7.21. The summed E-state index contributed by atoms with van der Waals surface area (Å²) >= 11 is 3.09. The van der Waals surface area contributed by atoms with Gasteiger partial charge < -0.3 is 15.1 Å². The third-order valence-electron chi connectivity index (χ3n) is 3.25. The lowest BCUT2D eigenvalue weighted by atomic mass is 10.2. The van der Waals surface area contributed by atoms with Crippen molar-refractivity contribution in [3.63, 3.8) is 0 Å². The third-order valence-corrected chi connectivity index (χ3v) is 3.87. The quantitative estimate of drug-likeness (QED) is 0.846. The van der Waals surface area contributed by atoms with Gasteiger partial charge in [-0.05, 0) is 22.0 Å². The minimum atomic E-state index is -4.40. The van der Waals surface area contributed by atoms with Gasteiger partial charge in [0.05, 0.1) is 10.7 Å². The molecule has 1 unspecified atom stereocenters. The Morgan fingerprint density at radius 3 is 2.67 bits per heavy atom. The van der Waals surface area contributed by atoms with E-state index in [2.05, 4.69) is 26.6 Å². The molecule has 1 fully saturated rings. The average Bonchev–Trinajstić information content (AvgIpc) is 2.85. The van der Waals surface area contributed by atoms with Crippen molar-refractivity contribution >= 4 is 21.8 Å². The van der Waals surface area contributed by atoms with Crippen molar-refractivity contribution in [1.82, 2.24) is 15.5 Å². The molecule has 1 atom stereocenters. The van der Waals surface area contributed by atoms with E-state index in [0.717, 1.165) is 0 Å². The lowest BCUT2D eigenvalue weighted by Crippen LogP contribution is -2.57. The highest BCUT2D eigenvalue weighted by Crippen LogP contribution is 2.25. The number of rotatable bonds is 4.